The summed E-state index contributed by atoms with van der Waals surface area (Å²) in [6.45, 7) is 8.59. The molecule has 1 atom stereocenters. The molecule has 0 aliphatic heterocycles. The van der Waals surface area contributed by atoms with Crippen molar-refractivity contribution in [3.8, 4) is 11.7 Å². The number of rotatable bonds is 7. The molecule has 3 aromatic rings. The van der Waals surface area contributed by atoms with E-state index >= 15 is 0 Å². The first kappa shape index (κ1) is 19.5. The Morgan fingerprint density at radius 1 is 1.18 bits per heavy atom. The van der Waals surface area contributed by atoms with Crippen LogP contribution in [0.1, 0.15) is 35.5 Å². The molecule has 0 bridgehead atoms. The molecule has 3 rings (SSSR count). The Morgan fingerprint density at radius 2 is 1.93 bits per heavy atom. The molecule has 3 heterocycles. The lowest BCUT2D eigenvalue weighted by Crippen LogP contribution is -2.42. The summed E-state index contributed by atoms with van der Waals surface area (Å²) in [6.07, 6.45) is 4.87. The first-order valence-corrected chi connectivity index (χ1v) is 9.20. The molecule has 1 amide bonds. The van der Waals surface area contributed by atoms with Gasteiger partial charge in [0.15, 0.2) is 5.82 Å². The Balaban J connectivity index is 1.78. The minimum absolute atomic E-state index is 0.143. The highest BCUT2D eigenvalue weighted by atomic mass is 16.5. The lowest BCUT2D eigenvalue weighted by molar-refractivity contribution is 0.0645. The van der Waals surface area contributed by atoms with Gasteiger partial charge in [0, 0.05) is 24.5 Å². The highest BCUT2D eigenvalue weighted by molar-refractivity contribution is 5.97. The van der Waals surface area contributed by atoms with Gasteiger partial charge in [0.05, 0.1) is 24.0 Å². The van der Waals surface area contributed by atoms with Crippen molar-refractivity contribution in [1.29, 1.82) is 0 Å². The van der Waals surface area contributed by atoms with Crippen LogP contribution in [-0.4, -0.2) is 55.0 Å². The first-order valence-electron chi connectivity index (χ1n) is 9.20. The molecule has 0 saturated carbocycles. The number of amides is 1. The van der Waals surface area contributed by atoms with Crippen molar-refractivity contribution >= 4 is 5.91 Å². The quantitative estimate of drug-likeness (QED) is 0.626. The van der Waals surface area contributed by atoms with E-state index in [0.29, 0.717) is 30.4 Å². The van der Waals surface area contributed by atoms with E-state index in [2.05, 4.69) is 20.2 Å². The second-order valence-electron chi connectivity index (χ2n) is 6.57. The first-order chi connectivity index (χ1) is 13.5. The lowest BCUT2D eigenvalue weighted by Gasteiger charge is -2.28. The lowest BCUT2D eigenvalue weighted by atomic mass is 10.1. The summed E-state index contributed by atoms with van der Waals surface area (Å²) in [5.41, 5.74) is 2.30. The van der Waals surface area contributed by atoms with E-state index < -0.39 is 0 Å². The second-order valence-corrected chi connectivity index (χ2v) is 6.57. The summed E-state index contributed by atoms with van der Waals surface area (Å²) in [5.74, 6) is 0.816. The van der Waals surface area contributed by atoms with Gasteiger partial charge in [0.25, 0.3) is 5.91 Å². The number of hydrogen-bond acceptors (Lipinski definition) is 6. The largest absolute Gasteiger partial charge is 0.475 e. The smallest absolute Gasteiger partial charge is 0.258 e. The van der Waals surface area contributed by atoms with Crippen LogP contribution >= 0.6 is 0 Å². The zero-order valence-electron chi connectivity index (χ0n) is 16.5. The normalized spacial score (nSPS) is 11.9. The molecule has 0 saturated heterocycles. The van der Waals surface area contributed by atoms with Crippen LogP contribution in [0.25, 0.3) is 5.82 Å². The SMILES string of the molecule is CCN(C(=O)c1ccc(C)nc1-n1nccn1)[C@@H](C)COc1ccc(C)cn1. The van der Waals surface area contributed by atoms with Crippen LogP contribution in [0, 0.1) is 13.8 Å². The van der Waals surface area contributed by atoms with E-state index in [1.165, 1.54) is 4.80 Å². The number of likely N-dealkylation sites (N-methyl/N-ethyl adjacent to an activating group) is 1. The molecule has 0 aromatic carbocycles. The summed E-state index contributed by atoms with van der Waals surface area (Å²) in [4.78, 5) is 25.1. The van der Waals surface area contributed by atoms with Gasteiger partial charge in [-0.3, -0.25) is 4.79 Å². The average molecular weight is 380 g/mol. The number of carbonyl (C=O) groups excluding carboxylic acids is 1. The minimum Gasteiger partial charge on any atom is -0.475 e. The molecule has 0 radical (unpaired) electrons. The van der Waals surface area contributed by atoms with Crippen LogP contribution in [0.5, 0.6) is 5.88 Å². The Bertz CT molecular complexity index is 924. The van der Waals surface area contributed by atoms with E-state index in [0.717, 1.165) is 11.3 Å². The predicted molar refractivity (Wildman–Crippen MR) is 105 cm³/mol. The monoisotopic (exact) mass is 380 g/mol. The van der Waals surface area contributed by atoms with Crippen molar-refractivity contribution < 1.29 is 9.53 Å². The summed E-state index contributed by atoms with van der Waals surface area (Å²) in [5, 5.41) is 8.25. The van der Waals surface area contributed by atoms with Crippen molar-refractivity contribution in [1.82, 2.24) is 29.9 Å². The summed E-state index contributed by atoms with van der Waals surface area (Å²) < 4.78 is 5.76. The molecule has 8 heteroatoms. The fourth-order valence-electron chi connectivity index (χ4n) is 2.83. The molecule has 28 heavy (non-hydrogen) atoms. The van der Waals surface area contributed by atoms with E-state index in [1.807, 2.05) is 45.9 Å². The van der Waals surface area contributed by atoms with Crippen LogP contribution < -0.4 is 4.74 Å². The van der Waals surface area contributed by atoms with Gasteiger partial charge in [-0.15, -0.1) is 4.80 Å². The van der Waals surface area contributed by atoms with E-state index in [1.54, 1.807) is 29.6 Å². The fraction of sp³-hybridized carbons (Fsp3) is 0.350. The zero-order valence-corrected chi connectivity index (χ0v) is 16.5. The topological polar surface area (TPSA) is 86.0 Å². The van der Waals surface area contributed by atoms with E-state index in [-0.39, 0.29) is 11.9 Å². The van der Waals surface area contributed by atoms with Gasteiger partial charge in [-0.2, -0.15) is 10.2 Å². The third-order valence-electron chi connectivity index (χ3n) is 4.34. The number of nitrogens with zero attached hydrogens (tertiary/aromatic N) is 6. The Morgan fingerprint density at radius 3 is 2.57 bits per heavy atom. The average Bonchev–Trinajstić information content (AvgIpc) is 3.22. The summed E-state index contributed by atoms with van der Waals surface area (Å²) >= 11 is 0. The van der Waals surface area contributed by atoms with Crippen LogP contribution in [0.15, 0.2) is 42.9 Å². The van der Waals surface area contributed by atoms with Crippen molar-refractivity contribution in [2.45, 2.75) is 33.7 Å². The molecule has 0 unspecified atom stereocenters. The van der Waals surface area contributed by atoms with Crippen molar-refractivity contribution in [2.75, 3.05) is 13.2 Å². The third-order valence-corrected chi connectivity index (χ3v) is 4.34. The Hall–Kier alpha value is -3.29. The maximum absolute atomic E-state index is 13.2. The predicted octanol–water partition coefficient (Wildman–Crippen LogP) is 2.60. The van der Waals surface area contributed by atoms with Crippen LogP contribution in [0.2, 0.25) is 0 Å². The molecule has 0 fully saturated rings. The maximum Gasteiger partial charge on any atom is 0.258 e. The van der Waals surface area contributed by atoms with Crippen LogP contribution in [-0.2, 0) is 0 Å². The van der Waals surface area contributed by atoms with E-state index in [4.69, 9.17) is 4.74 Å². The third kappa shape index (κ3) is 4.33. The van der Waals surface area contributed by atoms with Gasteiger partial charge in [-0.1, -0.05) is 6.07 Å². The number of ether oxygens (including phenoxy) is 1. The number of pyridine rings is 2. The highest BCUT2D eigenvalue weighted by Gasteiger charge is 2.25. The van der Waals surface area contributed by atoms with Crippen LogP contribution in [0.4, 0.5) is 0 Å². The number of aryl methyl sites for hydroxylation is 2. The van der Waals surface area contributed by atoms with Crippen molar-refractivity contribution in [3.05, 3.63) is 59.7 Å². The van der Waals surface area contributed by atoms with Gasteiger partial charge in [0.2, 0.25) is 5.88 Å². The highest BCUT2D eigenvalue weighted by Crippen LogP contribution is 2.16. The fourth-order valence-corrected chi connectivity index (χ4v) is 2.83. The maximum atomic E-state index is 13.2. The van der Waals surface area contributed by atoms with Gasteiger partial charge < -0.3 is 9.64 Å². The Kier molecular flexibility index (Phi) is 5.98. The zero-order chi connectivity index (χ0) is 20.1. The number of aromatic nitrogens is 5. The van der Waals surface area contributed by atoms with Gasteiger partial charge in [0.1, 0.15) is 6.61 Å². The van der Waals surface area contributed by atoms with Crippen LogP contribution in [0.3, 0.4) is 0 Å². The number of hydrogen-bond donors (Lipinski definition) is 0. The molecule has 0 aliphatic carbocycles. The molecular weight excluding hydrogens is 356 g/mol. The second kappa shape index (κ2) is 8.60. The Labute approximate surface area is 164 Å². The molecule has 0 N–H and O–H groups in total. The molecule has 146 valence electrons. The molecule has 8 nitrogen and oxygen atoms in total. The van der Waals surface area contributed by atoms with E-state index in [9.17, 15) is 4.79 Å². The van der Waals surface area contributed by atoms with Gasteiger partial charge in [-0.05, 0) is 45.4 Å². The van der Waals surface area contributed by atoms with Crippen molar-refractivity contribution in [2.24, 2.45) is 0 Å². The standard InChI is InChI=1S/C20H24N6O2/c1-5-25(16(4)13-28-18-9-6-14(2)12-21-18)20(27)17-8-7-15(3)24-19(17)26-22-10-11-23-26/h6-12,16H,5,13H2,1-4H3/t16-/m0/s1. The summed E-state index contributed by atoms with van der Waals surface area (Å²) in [6, 6.07) is 7.19. The summed E-state index contributed by atoms with van der Waals surface area (Å²) in [7, 11) is 0. The molecule has 3 aromatic heterocycles. The van der Waals surface area contributed by atoms with Gasteiger partial charge in [-0.25, -0.2) is 9.97 Å². The molecule has 0 aliphatic rings. The molecular formula is C20H24N6O2. The minimum atomic E-state index is -0.152. The number of carbonyl (C=O) groups is 1. The van der Waals surface area contributed by atoms with Crippen molar-refractivity contribution in [3.63, 3.8) is 0 Å². The molecule has 0 spiro atoms. The van der Waals surface area contributed by atoms with Gasteiger partial charge >= 0.3 is 0 Å².